The Bertz CT molecular complexity index is 454. The van der Waals surface area contributed by atoms with E-state index in [9.17, 15) is 19.2 Å². The van der Waals surface area contributed by atoms with Crippen molar-refractivity contribution < 1.29 is 24.3 Å². The normalized spacial score (nSPS) is 24.4. The second-order valence-corrected chi connectivity index (χ2v) is 5.42. The van der Waals surface area contributed by atoms with Crippen LogP contribution in [0.2, 0.25) is 0 Å². The van der Waals surface area contributed by atoms with Crippen LogP contribution in [0, 0.1) is 11.8 Å². The van der Waals surface area contributed by atoms with Gasteiger partial charge >= 0.3 is 5.97 Å². The molecule has 2 fully saturated rings. The van der Waals surface area contributed by atoms with Crippen molar-refractivity contribution in [2.75, 3.05) is 19.6 Å². The van der Waals surface area contributed by atoms with Crippen molar-refractivity contribution in [1.82, 2.24) is 9.80 Å². The van der Waals surface area contributed by atoms with Gasteiger partial charge in [-0.3, -0.25) is 24.1 Å². The van der Waals surface area contributed by atoms with Crippen LogP contribution in [0.15, 0.2) is 0 Å². The summed E-state index contributed by atoms with van der Waals surface area (Å²) in [6, 6.07) is 0. The van der Waals surface area contributed by atoms with Crippen molar-refractivity contribution >= 4 is 23.7 Å². The van der Waals surface area contributed by atoms with Gasteiger partial charge in [0.2, 0.25) is 17.7 Å². The number of piperidine rings is 1. The van der Waals surface area contributed by atoms with Crippen molar-refractivity contribution in [3.63, 3.8) is 0 Å². The fourth-order valence-corrected chi connectivity index (χ4v) is 2.63. The molecule has 0 aromatic rings. The van der Waals surface area contributed by atoms with Crippen LogP contribution in [-0.2, 0) is 19.2 Å². The lowest BCUT2D eigenvalue weighted by Gasteiger charge is -2.31. The summed E-state index contributed by atoms with van der Waals surface area (Å²) in [7, 11) is 0. The van der Waals surface area contributed by atoms with Gasteiger partial charge in [-0.1, -0.05) is 6.92 Å². The summed E-state index contributed by atoms with van der Waals surface area (Å²) >= 11 is 0. The third kappa shape index (κ3) is 2.81. The third-order valence-electron chi connectivity index (χ3n) is 3.96. The second kappa shape index (κ2) is 5.60. The molecule has 0 saturated carbocycles. The van der Waals surface area contributed by atoms with Crippen LogP contribution < -0.4 is 0 Å². The molecular weight excluding hydrogens is 264 g/mol. The molecular formula is C13H18N2O5. The van der Waals surface area contributed by atoms with E-state index in [1.54, 1.807) is 6.92 Å². The highest BCUT2D eigenvalue weighted by Crippen LogP contribution is 2.20. The van der Waals surface area contributed by atoms with Gasteiger partial charge in [-0.2, -0.15) is 0 Å². The first kappa shape index (κ1) is 14.5. The lowest BCUT2D eigenvalue weighted by atomic mass is 9.97. The summed E-state index contributed by atoms with van der Waals surface area (Å²) < 4.78 is 0. The molecule has 110 valence electrons. The Morgan fingerprint density at radius 2 is 1.85 bits per heavy atom. The van der Waals surface area contributed by atoms with E-state index in [4.69, 9.17) is 5.11 Å². The molecule has 0 aliphatic carbocycles. The zero-order chi connectivity index (χ0) is 14.9. The number of carbonyl (C=O) groups is 4. The first-order valence-electron chi connectivity index (χ1n) is 6.75. The minimum atomic E-state index is -0.837. The van der Waals surface area contributed by atoms with Crippen molar-refractivity contribution in [1.29, 1.82) is 0 Å². The number of hydrogen-bond donors (Lipinski definition) is 1. The third-order valence-corrected chi connectivity index (χ3v) is 3.96. The van der Waals surface area contributed by atoms with E-state index < -0.39 is 11.9 Å². The quantitative estimate of drug-likeness (QED) is 0.717. The Labute approximate surface area is 116 Å². The maximum absolute atomic E-state index is 12.1. The number of rotatable bonds is 3. The summed E-state index contributed by atoms with van der Waals surface area (Å²) in [5.74, 6) is -2.50. The molecule has 7 nitrogen and oxygen atoms in total. The lowest BCUT2D eigenvalue weighted by Crippen LogP contribution is -2.46. The van der Waals surface area contributed by atoms with Crippen molar-refractivity contribution in [2.45, 2.75) is 26.2 Å². The van der Waals surface area contributed by atoms with E-state index in [1.165, 1.54) is 4.90 Å². The summed E-state index contributed by atoms with van der Waals surface area (Å²) in [6.45, 7) is 2.17. The van der Waals surface area contributed by atoms with Crippen LogP contribution >= 0.6 is 0 Å². The average Bonchev–Trinajstić information content (AvgIpc) is 2.65. The lowest BCUT2D eigenvalue weighted by molar-refractivity contribution is -0.148. The highest BCUT2D eigenvalue weighted by atomic mass is 16.4. The highest BCUT2D eigenvalue weighted by molar-refractivity contribution is 6.05. The van der Waals surface area contributed by atoms with Gasteiger partial charge in [0.25, 0.3) is 0 Å². The summed E-state index contributed by atoms with van der Waals surface area (Å²) in [5.41, 5.74) is 0. The Balaban J connectivity index is 1.89. The number of nitrogens with zero attached hydrogens (tertiary/aromatic N) is 2. The van der Waals surface area contributed by atoms with Gasteiger partial charge in [0.05, 0.1) is 5.92 Å². The predicted octanol–water partition coefficient (Wildman–Crippen LogP) is -0.295. The largest absolute Gasteiger partial charge is 0.481 e. The Kier molecular flexibility index (Phi) is 4.06. The number of amides is 3. The number of carboxylic acids is 1. The Hall–Kier alpha value is -1.92. The number of imide groups is 1. The average molecular weight is 282 g/mol. The van der Waals surface area contributed by atoms with Gasteiger partial charge in [-0.15, -0.1) is 0 Å². The van der Waals surface area contributed by atoms with Crippen LogP contribution in [0.3, 0.4) is 0 Å². The predicted molar refractivity (Wildman–Crippen MR) is 67.4 cm³/mol. The fourth-order valence-electron chi connectivity index (χ4n) is 2.63. The van der Waals surface area contributed by atoms with Crippen molar-refractivity contribution in [3.8, 4) is 0 Å². The standard InChI is InChI=1S/C13H18N2O5/c1-8-6-10(16)15(12(8)18)7-11(17)14-4-2-9(3-5-14)13(19)20/h8-9H,2-7H2,1H3,(H,19,20). The van der Waals surface area contributed by atoms with E-state index in [0.717, 1.165) is 4.90 Å². The van der Waals surface area contributed by atoms with Crippen LogP contribution in [0.4, 0.5) is 0 Å². The molecule has 20 heavy (non-hydrogen) atoms. The van der Waals surface area contributed by atoms with Crippen LogP contribution in [0.5, 0.6) is 0 Å². The van der Waals surface area contributed by atoms with Gasteiger partial charge in [0, 0.05) is 25.4 Å². The molecule has 2 aliphatic rings. The van der Waals surface area contributed by atoms with Gasteiger partial charge in [0.1, 0.15) is 6.54 Å². The van der Waals surface area contributed by atoms with Gasteiger partial charge in [0.15, 0.2) is 0 Å². The maximum atomic E-state index is 12.1. The van der Waals surface area contributed by atoms with E-state index in [2.05, 4.69) is 0 Å². The number of carboxylic acid groups (broad SMARTS) is 1. The molecule has 1 N–H and O–H groups in total. The first-order chi connectivity index (χ1) is 9.40. The molecule has 2 saturated heterocycles. The molecule has 2 heterocycles. The van der Waals surface area contributed by atoms with Gasteiger partial charge < -0.3 is 10.0 Å². The van der Waals surface area contributed by atoms with Crippen molar-refractivity contribution in [2.24, 2.45) is 11.8 Å². The minimum Gasteiger partial charge on any atom is -0.481 e. The molecule has 1 unspecified atom stereocenters. The Morgan fingerprint density at radius 3 is 2.30 bits per heavy atom. The molecule has 0 radical (unpaired) electrons. The first-order valence-corrected chi connectivity index (χ1v) is 6.75. The molecule has 1 atom stereocenters. The summed E-state index contributed by atoms with van der Waals surface area (Å²) in [4.78, 5) is 48.8. The topological polar surface area (TPSA) is 95.0 Å². The van der Waals surface area contributed by atoms with Gasteiger partial charge in [-0.05, 0) is 12.8 Å². The Morgan fingerprint density at radius 1 is 1.25 bits per heavy atom. The number of aliphatic carboxylic acids is 1. The van der Waals surface area contributed by atoms with E-state index in [1.807, 2.05) is 0 Å². The zero-order valence-corrected chi connectivity index (χ0v) is 11.4. The van der Waals surface area contributed by atoms with Gasteiger partial charge in [-0.25, -0.2) is 0 Å². The molecule has 2 aliphatic heterocycles. The van der Waals surface area contributed by atoms with E-state index in [-0.39, 0.29) is 36.6 Å². The molecule has 0 aromatic carbocycles. The smallest absolute Gasteiger partial charge is 0.306 e. The van der Waals surface area contributed by atoms with E-state index >= 15 is 0 Å². The molecule has 0 spiro atoms. The number of carbonyl (C=O) groups excluding carboxylic acids is 3. The zero-order valence-electron chi connectivity index (χ0n) is 11.4. The SMILES string of the molecule is CC1CC(=O)N(CC(=O)N2CCC(C(=O)O)CC2)C1=O. The van der Waals surface area contributed by atoms with E-state index in [0.29, 0.717) is 25.9 Å². The molecule has 7 heteroatoms. The molecule has 0 aromatic heterocycles. The van der Waals surface area contributed by atoms with Crippen LogP contribution in [-0.4, -0.2) is 58.2 Å². The maximum Gasteiger partial charge on any atom is 0.306 e. The molecule has 2 rings (SSSR count). The highest BCUT2D eigenvalue weighted by Gasteiger charge is 2.38. The summed E-state index contributed by atoms with van der Waals surface area (Å²) in [5, 5.41) is 8.89. The number of likely N-dealkylation sites (tertiary alicyclic amines) is 2. The minimum absolute atomic E-state index is 0.160. The van der Waals surface area contributed by atoms with Crippen LogP contribution in [0.1, 0.15) is 26.2 Å². The molecule has 0 bridgehead atoms. The summed E-state index contributed by atoms with van der Waals surface area (Å²) in [6.07, 6.45) is 0.992. The molecule has 3 amide bonds. The fraction of sp³-hybridized carbons (Fsp3) is 0.692. The van der Waals surface area contributed by atoms with Crippen LogP contribution in [0.25, 0.3) is 0 Å². The number of hydrogen-bond acceptors (Lipinski definition) is 4. The second-order valence-electron chi connectivity index (χ2n) is 5.42. The monoisotopic (exact) mass is 282 g/mol. The van der Waals surface area contributed by atoms with Crippen molar-refractivity contribution in [3.05, 3.63) is 0 Å².